The maximum atomic E-state index is 13.0. The summed E-state index contributed by atoms with van der Waals surface area (Å²) in [5.41, 5.74) is 7.13. The van der Waals surface area contributed by atoms with Crippen LogP contribution in [0.4, 0.5) is 0 Å². The zero-order valence-electron chi connectivity index (χ0n) is 15.4. The van der Waals surface area contributed by atoms with Crippen molar-refractivity contribution < 1.29 is 23.8 Å². The van der Waals surface area contributed by atoms with Crippen LogP contribution in [0.25, 0.3) is 0 Å². The normalized spacial score (nSPS) is 21.8. The van der Waals surface area contributed by atoms with Gasteiger partial charge < -0.3 is 19.9 Å². The van der Waals surface area contributed by atoms with Gasteiger partial charge in [-0.3, -0.25) is 4.79 Å². The zero-order chi connectivity index (χ0) is 19.1. The predicted molar refractivity (Wildman–Crippen MR) is 95.1 cm³/mol. The molecule has 6 heteroatoms. The number of benzene rings is 1. The van der Waals surface area contributed by atoms with Gasteiger partial charge in [-0.05, 0) is 11.5 Å². The first-order chi connectivity index (χ1) is 12.3. The smallest absolute Gasteiger partial charge is 0.340 e. The lowest BCUT2D eigenvalue weighted by molar-refractivity contribution is -0.136. The molecule has 0 unspecified atom stereocenters. The molecule has 1 aromatic rings. The minimum Gasteiger partial charge on any atom is -0.496 e. The number of nitrogens with two attached hydrogens (primary N) is 1. The number of methoxy groups -OCH3 is 2. The molecule has 0 aromatic heterocycles. The maximum Gasteiger partial charge on any atom is 0.340 e. The van der Waals surface area contributed by atoms with Crippen molar-refractivity contribution in [3.05, 3.63) is 52.6 Å². The van der Waals surface area contributed by atoms with Crippen molar-refractivity contribution in [3.8, 4) is 5.75 Å². The molecule has 6 nitrogen and oxygen atoms in total. The van der Waals surface area contributed by atoms with Crippen LogP contribution < -0.4 is 10.5 Å². The van der Waals surface area contributed by atoms with Crippen molar-refractivity contribution in [1.29, 1.82) is 0 Å². The molecule has 1 aliphatic carbocycles. The van der Waals surface area contributed by atoms with Crippen LogP contribution in [0.3, 0.4) is 0 Å². The number of carbonyl (C=O) groups is 2. The first-order valence-electron chi connectivity index (χ1n) is 8.44. The molecule has 0 spiro atoms. The van der Waals surface area contributed by atoms with Crippen molar-refractivity contribution in [3.63, 3.8) is 0 Å². The average molecular weight is 357 g/mol. The number of hydrogen-bond acceptors (Lipinski definition) is 6. The average Bonchev–Trinajstić information content (AvgIpc) is 2.58. The number of rotatable bonds is 3. The van der Waals surface area contributed by atoms with Gasteiger partial charge in [0.1, 0.15) is 17.1 Å². The van der Waals surface area contributed by atoms with Crippen LogP contribution in [0.2, 0.25) is 0 Å². The minimum atomic E-state index is -0.675. The fourth-order valence-corrected chi connectivity index (χ4v) is 3.71. The molecule has 1 heterocycles. The van der Waals surface area contributed by atoms with Gasteiger partial charge in [-0.15, -0.1) is 0 Å². The molecule has 1 aromatic carbocycles. The summed E-state index contributed by atoms with van der Waals surface area (Å²) in [6.07, 6.45) is 0.935. The molecule has 0 saturated carbocycles. The van der Waals surface area contributed by atoms with Crippen LogP contribution in [0.1, 0.15) is 38.2 Å². The second kappa shape index (κ2) is 6.52. The molecule has 0 fully saturated rings. The molecule has 0 saturated heterocycles. The third-order valence-electron chi connectivity index (χ3n) is 4.81. The Morgan fingerprint density at radius 2 is 1.92 bits per heavy atom. The van der Waals surface area contributed by atoms with Crippen molar-refractivity contribution >= 4 is 11.8 Å². The van der Waals surface area contributed by atoms with Crippen LogP contribution in [0.15, 0.2) is 47.1 Å². The molecule has 1 atom stereocenters. The fraction of sp³-hybridized carbons (Fsp3) is 0.400. The van der Waals surface area contributed by atoms with Crippen molar-refractivity contribution in [2.45, 2.75) is 32.6 Å². The number of esters is 1. The summed E-state index contributed by atoms with van der Waals surface area (Å²) in [7, 11) is 2.82. The molecule has 0 bridgehead atoms. The lowest BCUT2D eigenvalue weighted by Crippen LogP contribution is -2.35. The monoisotopic (exact) mass is 357 g/mol. The summed E-state index contributed by atoms with van der Waals surface area (Å²) in [5.74, 6) is -0.294. The Morgan fingerprint density at radius 3 is 2.58 bits per heavy atom. The second-order valence-electron chi connectivity index (χ2n) is 7.32. The van der Waals surface area contributed by atoms with Crippen molar-refractivity contribution in [2.24, 2.45) is 11.1 Å². The highest BCUT2D eigenvalue weighted by molar-refractivity contribution is 6.03. The molecule has 0 amide bonds. The third-order valence-corrected chi connectivity index (χ3v) is 4.81. The Kier molecular flexibility index (Phi) is 4.52. The Hall–Kier alpha value is -2.76. The molecule has 0 radical (unpaired) electrons. The maximum absolute atomic E-state index is 13.0. The summed E-state index contributed by atoms with van der Waals surface area (Å²) < 4.78 is 16.1. The van der Waals surface area contributed by atoms with E-state index >= 15 is 0 Å². The van der Waals surface area contributed by atoms with Gasteiger partial charge >= 0.3 is 5.97 Å². The molecule has 1 aliphatic heterocycles. The van der Waals surface area contributed by atoms with E-state index in [1.165, 1.54) is 7.11 Å². The van der Waals surface area contributed by atoms with Gasteiger partial charge in [0, 0.05) is 24.0 Å². The number of carbonyl (C=O) groups excluding carboxylic acids is 2. The van der Waals surface area contributed by atoms with E-state index in [0.717, 1.165) is 0 Å². The molecule has 3 rings (SSSR count). The molecular formula is C20H23NO5. The largest absolute Gasteiger partial charge is 0.496 e. The first kappa shape index (κ1) is 18.0. The summed E-state index contributed by atoms with van der Waals surface area (Å²) >= 11 is 0. The van der Waals surface area contributed by atoms with Gasteiger partial charge in [0.2, 0.25) is 5.88 Å². The summed E-state index contributed by atoms with van der Waals surface area (Å²) in [5, 5.41) is 0. The standard InChI is InChI=1S/C20H23NO5/c1-20(2)9-12(22)16-14(10-20)26-18(21)17(19(23)25-4)15(16)11-7-5-6-8-13(11)24-3/h5-8,15H,9-10,21H2,1-4H3/t15-/m1/s1. The summed E-state index contributed by atoms with van der Waals surface area (Å²) in [6.45, 7) is 4.01. The topological polar surface area (TPSA) is 87.9 Å². The first-order valence-corrected chi connectivity index (χ1v) is 8.44. The van der Waals surface area contributed by atoms with E-state index in [-0.39, 0.29) is 22.7 Å². The van der Waals surface area contributed by atoms with Crippen LogP contribution >= 0.6 is 0 Å². The number of Topliss-reactive ketones (excluding diaryl/α,β-unsaturated/α-hetero) is 1. The van der Waals surface area contributed by atoms with Gasteiger partial charge in [-0.1, -0.05) is 32.0 Å². The van der Waals surface area contributed by atoms with E-state index in [4.69, 9.17) is 19.9 Å². The Bertz CT molecular complexity index is 834. The van der Waals surface area contributed by atoms with Gasteiger partial charge in [0.05, 0.1) is 20.1 Å². The van der Waals surface area contributed by atoms with Crippen molar-refractivity contribution in [2.75, 3.05) is 14.2 Å². The van der Waals surface area contributed by atoms with E-state index in [9.17, 15) is 9.59 Å². The van der Waals surface area contributed by atoms with E-state index < -0.39 is 11.9 Å². The second-order valence-corrected chi connectivity index (χ2v) is 7.32. The highest BCUT2D eigenvalue weighted by Gasteiger charge is 2.45. The summed E-state index contributed by atoms with van der Waals surface area (Å²) in [6, 6.07) is 7.26. The molecule has 2 N–H and O–H groups in total. The van der Waals surface area contributed by atoms with Gasteiger partial charge in [-0.2, -0.15) is 0 Å². The zero-order valence-corrected chi connectivity index (χ0v) is 15.4. The summed E-state index contributed by atoms with van der Waals surface area (Å²) in [4.78, 5) is 25.5. The molecular weight excluding hydrogens is 334 g/mol. The van der Waals surface area contributed by atoms with E-state index in [1.807, 2.05) is 32.0 Å². The van der Waals surface area contributed by atoms with Crippen LogP contribution in [-0.4, -0.2) is 26.0 Å². The van der Waals surface area contributed by atoms with Crippen LogP contribution in [0.5, 0.6) is 5.75 Å². The minimum absolute atomic E-state index is 0.0305. The molecule has 2 aliphatic rings. The van der Waals surface area contributed by atoms with Crippen LogP contribution in [0, 0.1) is 5.41 Å². The van der Waals surface area contributed by atoms with E-state index in [0.29, 0.717) is 35.5 Å². The fourth-order valence-electron chi connectivity index (χ4n) is 3.71. The highest BCUT2D eigenvalue weighted by atomic mass is 16.5. The van der Waals surface area contributed by atoms with E-state index in [2.05, 4.69) is 0 Å². The number of ketones is 1. The Labute approximate surface area is 152 Å². The van der Waals surface area contributed by atoms with Gasteiger partial charge in [-0.25, -0.2) is 4.79 Å². The van der Waals surface area contributed by atoms with Gasteiger partial charge in [0.15, 0.2) is 5.78 Å². The molecule has 26 heavy (non-hydrogen) atoms. The predicted octanol–water partition coefficient (Wildman–Crippen LogP) is 2.80. The lowest BCUT2D eigenvalue weighted by Gasteiger charge is -2.38. The Morgan fingerprint density at radius 1 is 1.23 bits per heavy atom. The number of allylic oxidation sites excluding steroid dienone is 2. The number of hydrogen-bond donors (Lipinski definition) is 1. The Balaban J connectivity index is 2.25. The lowest BCUT2D eigenvalue weighted by atomic mass is 9.70. The molecule has 138 valence electrons. The third kappa shape index (κ3) is 2.96. The van der Waals surface area contributed by atoms with Crippen LogP contribution in [-0.2, 0) is 19.1 Å². The highest BCUT2D eigenvalue weighted by Crippen LogP contribution is 2.49. The quantitative estimate of drug-likeness (QED) is 0.837. The van der Waals surface area contributed by atoms with Gasteiger partial charge in [0.25, 0.3) is 0 Å². The van der Waals surface area contributed by atoms with E-state index in [1.54, 1.807) is 13.2 Å². The number of para-hydroxylation sites is 1. The van der Waals surface area contributed by atoms with Crippen molar-refractivity contribution in [1.82, 2.24) is 0 Å². The number of ether oxygens (including phenoxy) is 3. The SMILES string of the molecule is COC(=O)C1=C(N)OC2=C(C(=O)CC(C)(C)C2)[C@H]1c1ccccc1OC.